The summed E-state index contributed by atoms with van der Waals surface area (Å²) >= 11 is 0. The van der Waals surface area contributed by atoms with Crippen LogP contribution in [0.4, 0.5) is 0 Å². The third-order valence-electron chi connectivity index (χ3n) is 1.74. The van der Waals surface area contributed by atoms with Gasteiger partial charge in [0.1, 0.15) is 18.3 Å². The fourth-order valence-electron chi connectivity index (χ4n) is 0.893. The van der Waals surface area contributed by atoms with Crippen molar-refractivity contribution < 1.29 is 38.5 Å². The highest BCUT2D eigenvalue weighted by atomic mass is 32.2. The average Bonchev–Trinajstić information content (AvgIpc) is 2.24. The zero-order chi connectivity index (χ0) is 14.9. The predicted octanol–water partition coefficient (Wildman–Crippen LogP) is -3.85. The van der Waals surface area contributed by atoms with E-state index >= 15 is 0 Å². The summed E-state index contributed by atoms with van der Waals surface area (Å²) in [4.78, 5) is 0. The third kappa shape index (κ3) is 12.1. The molecule has 0 aliphatic carbocycles. The van der Waals surface area contributed by atoms with Crippen LogP contribution in [-0.2, 0) is 10.1 Å². The first-order chi connectivity index (χ1) is 8.04. The van der Waals surface area contributed by atoms with Crippen LogP contribution in [0.5, 0.6) is 0 Å². The van der Waals surface area contributed by atoms with Gasteiger partial charge >= 0.3 is 0 Å². The second-order valence-electron chi connectivity index (χ2n) is 3.59. The SMILES string of the molecule is CNC[C@H](O)[C@@H](O)[C@H](O)[C@H](O)CO.CS(=O)(=O)O. The zero-order valence-electron chi connectivity index (χ0n) is 10.1. The van der Waals surface area contributed by atoms with Crippen LogP contribution in [0.15, 0.2) is 0 Å². The lowest BCUT2D eigenvalue weighted by molar-refractivity contribution is -0.113. The van der Waals surface area contributed by atoms with E-state index in [0.29, 0.717) is 6.26 Å². The number of hydrogen-bond donors (Lipinski definition) is 7. The number of hydrogen-bond acceptors (Lipinski definition) is 8. The molecule has 0 saturated heterocycles. The summed E-state index contributed by atoms with van der Waals surface area (Å²) in [6.07, 6.45) is -4.93. The van der Waals surface area contributed by atoms with Gasteiger partial charge in [-0.3, -0.25) is 4.55 Å². The summed E-state index contributed by atoms with van der Waals surface area (Å²) in [5.41, 5.74) is 0. The summed E-state index contributed by atoms with van der Waals surface area (Å²) in [6, 6.07) is 0. The van der Waals surface area contributed by atoms with Crippen LogP contribution in [0.3, 0.4) is 0 Å². The zero-order valence-corrected chi connectivity index (χ0v) is 10.9. The maximum atomic E-state index is 9.21. The smallest absolute Gasteiger partial charge is 0.261 e. The Balaban J connectivity index is 0. The van der Waals surface area contributed by atoms with E-state index in [2.05, 4.69) is 5.32 Å². The Morgan fingerprint density at radius 2 is 1.39 bits per heavy atom. The molecule has 0 unspecified atom stereocenters. The Kier molecular flexibility index (Phi) is 10.6. The number of aliphatic hydroxyl groups is 5. The normalized spacial score (nSPS) is 18.2. The second kappa shape index (κ2) is 9.58. The molecule has 0 amide bonds. The van der Waals surface area contributed by atoms with Gasteiger partial charge in [-0.25, -0.2) is 0 Å². The number of nitrogens with one attached hydrogen (secondary N) is 1. The van der Waals surface area contributed by atoms with Crippen LogP contribution in [0, 0.1) is 0 Å². The van der Waals surface area contributed by atoms with Gasteiger partial charge in [0, 0.05) is 6.54 Å². The van der Waals surface area contributed by atoms with Crippen molar-refractivity contribution in [3.63, 3.8) is 0 Å². The quantitative estimate of drug-likeness (QED) is 0.242. The highest BCUT2D eigenvalue weighted by Crippen LogP contribution is 2.04. The first-order valence-corrected chi connectivity index (χ1v) is 6.79. The van der Waals surface area contributed by atoms with E-state index in [4.69, 9.17) is 25.0 Å². The first kappa shape index (κ1) is 20.0. The van der Waals surface area contributed by atoms with Crippen molar-refractivity contribution in [3.8, 4) is 0 Å². The standard InChI is InChI=1S/C7H17NO5.CH4O3S/c1-8-2-4(10)6(12)7(13)5(11)3-9;1-5(2,3)4/h4-13H,2-3H2,1H3;1H3,(H,2,3,4)/t4-,5+,6+,7+;/m0./s1. The molecular formula is C8H21NO8S. The summed E-state index contributed by atoms with van der Waals surface area (Å²) in [6.45, 7) is -0.569. The molecule has 0 aromatic heterocycles. The highest BCUT2D eigenvalue weighted by Gasteiger charge is 2.29. The average molecular weight is 291 g/mol. The Morgan fingerprint density at radius 3 is 1.67 bits per heavy atom. The Hall–Kier alpha value is -0.330. The highest BCUT2D eigenvalue weighted by molar-refractivity contribution is 7.85. The van der Waals surface area contributed by atoms with Gasteiger partial charge in [-0.15, -0.1) is 0 Å². The van der Waals surface area contributed by atoms with Crippen molar-refractivity contribution in [2.24, 2.45) is 0 Å². The molecule has 0 saturated carbocycles. The maximum absolute atomic E-state index is 9.21. The van der Waals surface area contributed by atoms with Gasteiger partial charge in [-0.2, -0.15) is 8.42 Å². The van der Waals surface area contributed by atoms with Crippen molar-refractivity contribution >= 4 is 10.1 Å². The molecule has 0 aromatic carbocycles. The largest absolute Gasteiger partial charge is 0.394 e. The molecule has 0 aliphatic heterocycles. The second-order valence-corrected chi connectivity index (χ2v) is 5.06. The van der Waals surface area contributed by atoms with Gasteiger partial charge in [0.15, 0.2) is 0 Å². The molecule has 0 bridgehead atoms. The minimum atomic E-state index is -3.67. The first-order valence-electron chi connectivity index (χ1n) is 4.94. The Bertz CT molecular complexity index is 287. The molecule has 7 N–H and O–H groups in total. The lowest BCUT2D eigenvalue weighted by atomic mass is 10.0. The number of rotatable bonds is 6. The van der Waals surface area contributed by atoms with Crippen molar-refractivity contribution in [1.82, 2.24) is 5.32 Å². The van der Waals surface area contributed by atoms with Crippen molar-refractivity contribution in [2.45, 2.75) is 24.4 Å². The number of aliphatic hydroxyl groups excluding tert-OH is 5. The topological polar surface area (TPSA) is 168 Å². The maximum Gasteiger partial charge on any atom is 0.261 e. The van der Waals surface area contributed by atoms with Crippen molar-refractivity contribution in [3.05, 3.63) is 0 Å². The molecule has 0 fully saturated rings. The van der Waals surface area contributed by atoms with Gasteiger partial charge in [0.25, 0.3) is 10.1 Å². The van der Waals surface area contributed by atoms with Crippen LogP contribution in [0.2, 0.25) is 0 Å². The molecule has 0 aliphatic rings. The predicted molar refractivity (Wildman–Crippen MR) is 62.5 cm³/mol. The van der Waals surface area contributed by atoms with E-state index in [1.807, 2.05) is 0 Å². The summed E-state index contributed by atoms with van der Waals surface area (Å²) in [5, 5.41) is 47.5. The molecule has 0 heterocycles. The molecule has 9 nitrogen and oxygen atoms in total. The van der Waals surface area contributed by atoms with E-state index in [-0.39, 0.29) is 6.54 Å². The van der Waals surface area contributed by atoms with Gasteiger partial charge in [-0.1, -0.05) is 0 Å². The third-order valence-corrected chi connectivity index (χ3v) is 1.74. The van der Waals surface area contributed by atoms with E-state index in [0.717, 1.165) is 0 Å². The minimum absolute atomic E-state index is 0.0936. The van der Waals surface area contributed by atoms with Gasteiger partial charge < -0.3 is 30.8 Å². The lowest BCUT2D eigenvalue weighted by Gasteiger charge is -2.25. The Labute approximate surface area is 105 Å². The summed E-state index contributed by atoms with van der Waals surface area (Å²) in [7, 11) is -2.09. The van der Waals surface area contributed by atoms with Crippen molar-refractivity contribution in [1.29, 1.82) is 0 Å². The fourth-order valence-corrected chi connectivity index (χ4v) is 0.893. The molecule has 0 rings (SSSR count). The van der Waals surface area contributed by atoms with Crippen LogP contribution in [-0.4, -0.2) is 89.4 Å². The van der Waals surface area contributed by atoms with Crippen molar-refractivity contribution in [2.75, 3.05) is 26.5 Å². The molecule has 4 atom stereocenters. The molecule has 10 heteroatoms. The van der Waals surface area contributed by atoms with Crippen LogP contribution in [0.25, 0.3) is 0 Å². The number of likely N-dealkylation sites (N-methyl/N-ethyl adjacent to an activating group) is 1. The van der Waals surface area contributed by atoms with Gasteiger partial charge in [0.05, 0.1) is 19.0 Å². The molecule has 0 radical (unpaired) electrons. The molecular weight excluding hydrogens is 270 g/mol. The van der Waals surface area contributed by atoms with Crippen LogP contribution in [0.1, 0.15) is 0 Å². The molecule has 18 heavy (non-hydrogen) atoms. The summed E-state index contributed by atoms with van der Waals surface area (Å²) < 4.78 is 25.9. The summed E-state index contributed by atoms with van der Waals surface area (Å²) in [5.74, 6) is 0. The van der Waals surface area contributed by atoms with Gasteiger partial charge in [0.2, 0.25) is 0 Å². The van der Waals surface area contributed by atoms with E-state index < -0.39 is 41.1 Å². The van der Waals surface area contributed by atoms with Crippen LogP contribution >= 0.6 is 0 Å². The minimum Gasteiger partial charge on any atom is -0.394 e. The van der Waals surface area contributed by atoms with E-state index in [1.54, 1.807) is 7.05 Å². The van der Waals surface area contributed by atoms with Crippen LogP contribution < -0.4 is 5.32 Å². The lowest BCUT2D eigenvalue weighted by Crippen LogP contribution is -2.48. The van der Waals surface area contributed by atoms with E-state index in [9.17, 15) is 13.5 Å². The molecule has 0 spiro atoms. The Morgan fingerprint density at radius 1 is 1.06 bits per heavy atom. The fraction of sp³-hybridized carbons (Fsp3) is 1.00. The molecule has 0 aromatic rings. The van der Waals surface area contributed by atoms with E-state index in [1.165, 1.54) is 0 Å². The monoisotopic (exact) mass is 291 g/mol. The van der Waals surface area contributed by atoms with Gasteiger partial charge in [-0.05, 0) is 7.05 Å². The molecule has 112 valence electrons.